The Hall–Kier alpha value is -1.88. The lowest BCUT2D eigenvalue weighted by molar-refractivity contribution is -0.114. The third-order valence-corrected chi connectivity index (χ3v) is 3.70. The van der Waals surface area contributed by atoms with Gasteiger partial charge in [-0.1, -0.05) is 6.07 Å². The monoisotopic (exact) mass is 275 g/mol. The fourth-order valence-electron chi connectivity index (χ4n) is 1.80. The van der Waals surface area contributed by atoms with Crippen LogP contribution in [0.4, 0.5) is 11.4 Å². The molecule has 4 nitrogen and oxygen atoms in total. The number of carbonyl (C=O) groups is 1. The van der Waals surface area contributed by atoms with Crippen LogP contribution < -0.4 is 10.6 Å². The van der Waals surface area contributed by atoms with Crippen LogP contribution in [0.5, 0.6) is 0 Å². The Labute approximate surface area is 116 Å². The van der Waals surface area contributed by atoms with E-state index in [4.69, 9.17) is 0 Å². The van der Waals surface area contributed by atoms with Crippen molar-refractivity contribution < 1.29 is 4.79 Å². The topological polar surface area (TPSA) is 54.0 Å². The van der Waals surface area contributed by atoms with Crippen molar-refractivity contribution >= 4 is 28.6 Å². The molecule has 2 N–H and O–H groups in total. The van der Waals surface area contributed by atoms with Gasteiger partial charge >= 0.3 is 0 Å². The predicted octanol–water partition coefficient (Wildman–Crippen LogP) is 3.06. The van der Waals surface area contributed by atoms with Crippen molar-refractivity contribution in [2.24, 2.45) is 0 Å². The van der Waals surface area contributed by atoms with Gasteiger partial charge in [-0.25, -0.2) is 4.98 Å². The fourth-order valence-corrected chi connectivity index (χ4v) is 2.58. The molecule has 1 aromatic carbocycles. The molecule has 5 heteroatoms. The minimum absolute atomic E-state index is 0.0579. The van der Waals surface area contributed by atoms with Crippen molar-refractivity contribution in [3.05, 3.63) is 40.3 Å². The van der Waals surface area contributed by atoms with Crippen LogP contribution in [0.25, 0.3) is 0 Å². The number of rotatable bonds is 5. The largest absolute Gasteiger partial charge is 0.385 e. The van der Waals surface area contributed by atoms with Crippen molar-refractivity contribution in [2.75, 3.05) is 17.2 Å². The molecular weight excluding hydrogens is 258 g/mol. The summed E-state index contributed by atoms with van der Waals surface area (Å²) >= 11 is 1.69. The maximum Gasteiger partial charge on any atom is 0.221 e. The van der Waals surface area contributed by atoms with Crippen LogP contribution in [-0.4, -0.2) is 17.4 Å². The molecule has 0 spiro atoms. The van der Waals surface area contributed by atoms with E-state index in [0.717, 1.165) is 30.0 Å². The molecule has 2 rings (SSSR count). The van der Waals surface area contributed by atoms with Crippen molar-refractivity contribution in [2.45, 2.75) is 20.3 Å². The van der Waals surface area contributed by atoms with Gasteiger partial charge in [-0.05, 0) is 25.1 Å². The molecule has 0 bridgehead atoms. The molecule has 2 aromatic rings. The van der Waals surface area contributed by atoms with Crippen molar-refractivity contribution in [3.63, 3.8) is 0 Å². The molecule has 100 valence electrons. The smallest absolute Gasteiger partial charge is 0.221 e. The summed E-state index contributed by atoms with van der Waals surface area (Å²) in [6, 6.07) is 7.72. The van der Waals surface area contributed by atoms with E-state index < -0.39 is 0 Å². The molecule has 0 unspecified atom stereocenters. The summed E-state index contributed by atoms with van der Waals surface area (Å²) in [5, 5.41) is 6.12. The van der Waals surface area contributed by atoms with E-state index in [1.54, 1.807) is 11.3 Å². The highest BCUT2D eigenvalue weighted by atomic mass is 32.1. The highest BCUT2D eigenvalue weighted by molar-refractivity contribution is 7.09. The van der Waals surface area contributed by atoms with Gasteiger partial charge in [0.1, 0.15) is 0 Å². The van der Waals surface area contributed by atoms with Gasteiger partial charge in [0.25, 0.3) is 0 Å². The number of nitrogens with zero attached hydrogens (tertiary/aromatic N) is 1. The zero-order valence-electron chi connectivity index (χ0n) is 11.1. The first-order chi connectivity index (χ1) is 9.15. The number of aryl methyl sites for hydroxylation is 1. The second kappa shape index (κ2) is 6.33. The summed E-state index contributed by atoms with van der Waals surface area (Å²) in [6.07, 6.45) is 0.959. The van der Waals surface area contributed by atoms with Crippen LogP contribution in [0.3, 0.4) is 0 Å². The van der Waals surface area contributed by atoms with Gasteiger partial charge < -0.3 is 10.6 Å². The molecule has 0 aliphatic heterocycles. The summed E-state index contributed by atoms with van der Waals surface area (Å²) in [6.45, 7) is 4.39. The second-order valence-corrected chi connectivity index (χ2v) is 5.24. The van der Waals surface area contributed by atoms with Gasteiger partial charge in [-0.2, -0.15) is 0 Å². The lowest BCUT2D eigenvalue weighted by atomic mass is 10.2. The molecule has 0 atom stereocenters. The molecule has 1 aromatic heterocycles. The Morgan fingerprint density at radius 1 is 1.37 bits per heavy atom. The van der Waals surface area contributed by atoms with E-state index in [2.05, 4.69) is 15.6 Å². The third kappa shape index (κ3) is 4.06. The zero-order valence-corrected chi connectivity index (χ0v) is 11.9. The van der Waals surface area contributed by atoms with Crippen molar-refractivity contribution in [1.82, 2.24) is 4.98 Å². The van der Waals surface area contributed by atoms with Crippen LogP contribution in [0.15, 0.2) is 29.8 Å². The lowest BCUT2D eigenvalue weighted by Gasteiger charge is -2.08. The quantitative estimate of drug-likeness (QED) is 0.881. The molecule has 19 heavy (non-hydrogen) atoms. The number of carbonyl (C=O) groups excluding carboxylic acids is 1. The van der Waals surface area contributed by atoms with Gasteiger partial charge in [0.05, 0.1) is 11.2 Å². The SMILES string of the molecule is CC(=O)Nc1cccc(NCCc2scnc2C)c1. The van der Waals surface area contributed by atoms with Crippen molar-refractivity contribution in [3.8, 4) is 0 Å². The molecule has 0 radical (unpaired) electrons. The number of nitrogens with one attached hydrogen (secondary N) is 2. The number of amides is 1. The third-order valence-electron chi connectivity index (χ3n) is 2.71. The summed E-state index contributed by atoms with van der Waals surface area (Å²) in [4.78, 5) is 16.5. The lowest BCUT2D eigenvalue weighted by Crippen LogP contribution is -2.07. The standard InChI is InChI=1S/C14H17N3OS/c1-10-14(19-9-16-10)6-7-15-12-4-3-5-13(8-12)17-11(2)18/h3-5,8-9,15H,6-7H2,1-2H3,(H,17,18). The molecule has 0 saturated carbocycles. The highest BCUT2D eigenvalue weighted by Crippen LogP contribution is 2.16. The number of benzene rings is 1. The van der Waals surface area contributed by atoms with E-state index in [-0.39, 0.29) is 5.91 Å². The van der Waals surface area contributed by atoms with Crippen LogP contribution >= 0.6 is 11.3 Å². The minimum Gasteiger partial charge on any atom is -0.385 e. The van der Waals surface area contributed by atoms with E-state index in [9.17, 15) is 4.79 Å². The highest BCUT2D eigenvalue weighted by Gasteiger charge is 2.01. The molecule has 0 aliphatic carbocycles. The van der Waals surface area contributed by atoms with E-state index in [1.165, 1.54) is 11.8 Å². The Kier molecular flexibility index (Phi) is 4.52. The van der Waals surface area contributed by atoms with Crippen molar-refractivity contribution in [1.29, 1.82) is 0 Å². The number of hydrogen-bond acceptors (Lipinski definition) is 4. The van der Waals surface area contributed by atoms with Crippen LogP contribution in [0.1, 0.15) is 17.5 Å². The second-order valence-electron chi connectivity index (χ2n) is 4.30. The summed E-state index contributed by atoms with van der Waals surface area (Å²) in [5.74, 6) is -0.0579. The van der Waals surface area contributed by atoms with E-state index >= 15 is 0 Å². The molecule has 0 aliphatic rings. The number of thiazole rings is 1. The van der Waals surface area contributed by atoms with Gasteiger partial charge in [-0.3, -0.25) is 4.79 Å². The maximum atomic E-state index is 11.0. The predicted molar refractivity (Wildman–Crippen MR) is 79.8 cm³/mol. The first-order valence-electron chi connectivity index (χ1n) is 6.15. The molecule has 1 heterocycles. The Bertz CT molecular complexity index is 565. The first kappa shape index (κ1) is 13.5. The van der Waals surface area contributed by atoms with Crippen LogP contribution in [0, 0.1) is 6.92 Å². The maximum absolute atomic E-state index is 11.0. The summed E-state index contributed by atoms with van der Waals surface area (Å²) in [7, 11) is 0. The average Bonchev–Trinajstić information content (AvgIpc) is 2.75. The Balaban J connectivity index is 1.89. The normalized spacial score (nSPS) is 10.2. The van der Waals surface area contributed by atoms with Gasteiger partial charge in [-0.15, -0.1) is 11.3 Å². The number of aromatic nitrogens is 1. The summed E-state index contributed by atoms with van der Waals surface area (Å²) < 4.78 is 0. The minimum atomic E-state index is -0.0579. The first-order valence-corrected chi connectivity index (χ1v) is 7.03. The van der Waals surface area contributed by atoms with Gasteiger partial charge in [0.15, 0.2) is 0 Å². The van der Waals surface area contributed by atoms with Gasteiger partial charge in [0, 0.05) is 36.1 Å². The molecular formula is C14H17N3OS. The van der Waals surface area contributed by atoms with E-state index in [1.807, 2.05) is 36.7 Å². The van der Waals surface area contributed by atoms with Crippen LogP contribution in [0.2, 0.25) is 0 Å². The molecule has 1 amide bonds. The van der Waals surface area contributed by atoms with Crippen LogP contribution in [-0.2, 0) is 11.2 Å². The number of hydrogen-bond donors (Lipinski definition) is 2. The number of anilines is 2. The Morgan fingerprint density at radius 3 is 2.84 bits per heavy atom. The Morgan fingerprint density at radius 2 is 2.16 bits per heavy atom. The average molecular weight is 275 g/mol. The molecule has 0 saturated heterocycles. The van der Waals surface area contributed by atoms with E-state index in [0.29, 0.717) is 0 Å². The zero-order chi connectivity index (χ0) is 13.7. The fraction of sp³-hybridized carbons (Fsp3) is 0.286. The molecule has 0 fully saturated rings. The van der Waals surface area contributed by atoms with Gasteiger partial charge in [0.2, 0.25) is 5.91 Å². The summed E-state index contributed by atoms with van der Waals surface area (Å²) in [5.41, 5.74) is 4.81.